The minimum Gasteiger partial charge on any atom is -0.310 e. The maximum Gasteiger partial charge on any atom is 0.417 e. The molecular weight excluding hydrogens is 359 g/mol. The molecule has 0 aliphatic heterocycles. The molecule has 0 radical (unpaired) electrons. The molecule has 2 rings (SSSR count). The summed E-state index contributed by atoms with van der Waals surface area (Å²) in [6.45, 7) is 3.22. The summed E-state index contributed by atoms with van der Waals surface area (Å²) in [5.41, 5.74) is 0.613. The van der Waals surface area contributed by atoms with Gasteiger partial charge in [0.15, 0.2) is 0 Å². The topological polar surface area (TPSA) is 66.1 Å². The van der Waals surface area contributed by atoms with E-state index in [1.54, 1.807) is 12.1 Å². The largest absolute Gasteiger partial charge is 0.417 e. The summed E-state index contributed by atoms with van der Waals surface area (Å²) in [7, 11) is 0. The number of aryl methyl sites for hydroxylation is 2. The van der Waals surface area contributed by atoms with Crippen molar-refractivity contribution in [1.82, 2.24) is 4.57 Å². The number of anilines is 1. The Morgan fingerprint density at radius 1 is 1.19 bits per heavy atom. The number of carbonyl (C=O) groups is 1. The van der Waals surface area contributed by atoms with Crippen LogP contribution in [0.15, 0.2) is 41.3 Å². The number of hydrogen-bond donors (Lipinski definition) is 0. The van der Waals surface area contributed by atoms with Gasteiger partial charge in [-0.2, -0.15) is 18.4 Å². The first-order valence-corrected chi connectivity index (χ1v) is 8.15. The highest BCUT2D eigenvalue weighted by atomic mass is 19.4. The first-order chi connectivity index (χ1) is 12.6. The molecular formula is C19H18F3N3O2. The van der Waals surface area contributed by atoms with Gasteiger partial charge in [0.1, 0.15) is 6.54 Å². The third kappa shape index (κ3) is 5.20. The van der Waals surface area contributed by atoms with Crippen molar-refractivity contribution in [2.75, 3.05) is 11.4 Å². The molecule has 1 heterocycles. The Balaban J connectivity index is 2.37. The first kappa shape index (κ1) is 20.2. The van der Waals surface area contributed by atoms with Crippen LogP contribution in [0.25, 0.3) is 0 Å². The van der Waals surface area contributed by atoms with Gasteiger partial charge in [-0.25, -0.2) is 0 Å². The number of nitrogens with zero attached hydrogens (tertiary/aromatic N) is 3. The molecule has 0 unspecified atom stereocenters. The van der Waals surface area contributed by atoms with Gasteiger partial charge in [0.05, 0.1) is 18.1 Å². The maximum absolute atomic E-state index is 12.9. The zero-order valence-corrected chi connectivity index (χ0v) is 14.9. The molecule has 8 heteroatoms. The minimum absolute atomic E-state index is 0.0518. The lowest BCUT2D eigenvalue weighted by molar-refractivity contribution is -0.138. The highest BCUT2D eigenvalue weighted by Gasteiger charge is 2.31. The summed E-state index contributed by atoms with van der Waals surface area (Å²) in [6, 6.07) is 8.82. The Morgan fingerprint density at radius 2 is 1.81 bits per heavy atom. The number of hydrogen-bond acceptors (Lipinski definition) is 3. The van der Waals surface area contributed by atoms with E-state index in [0.29, 0.717) is 18.0 Å². The second-order valence-electron chi connectivity index (χ2n) is 6.18. The van der Waals surface area contributed by atoms with Crippen LogP contribution in [0.3, 0.4) is 0 Å². The Labute approximate surface area is 154 Å². The van der Waals surface area contributed by atoms with Crippen molar-refractivity contribution >= 4 is 11.6 Å². The van der Waals surface area contributed by atoms with Crippen molar-refractivity contribution in [1.29, 1.82) is 5.26 Å². The molecule has 1 aromatic heterocycles. The number of carbonyl (C=O) groups excluding carboxylic acids is 1. The van der Waals surface area contributed by atoms with Crippen LogP contribution >= 0.6 is 0 Å². The van der Waals surface area contributed by atoms with E-state index in [0.717, 1.165) is 21.8 Å². The molecule has 0 aliphatic rings. The third-order valence-corrected chi connectivity index (χ3v) is 3.88. The van der Waals surface area contributed by atoms with Crippen molar-refractivity contribution in [2.24, 2.45) is 0 Å². The van der Waals surface area contributed by atoms with Crippen molar-refractivity contribution < 1.29 is 18.0 Å². The SMILES string of the molecule is Cc1cc(C)cc(N(CCC#N)C(=O)Cn2cc(C(F)(F)F)ccc2=O)c1. The average molecular weight is 377 g/mol. The molecule has 0 saturated heterocycles. The fourth-order valence-corrected chi connectivity index (χ4v) is 2.72. The number of rotatable bonds is 5. The third-order valence-electron chi connectivity index (χ3n) is 3.88. The van der Waals surface area contributed by atoms with E-state index in [-0.39, 0.29) is 13.0 Å². The summed E-state index contributed by atoms with van der Waals surface area (Å²) >= 11 is 0. The van der Waals surface area contributed by atoms with E-state index in [1.165, 1.54) is 4.90 Å². The molecule has 2 aromatic rings. The van der Waals surface area contributed by atoms with Crippen LogP contribution in [-0.2, 0) is 17.5 Å². The number of pyridine rings is 1. The van der Waals surface area contributed by atoms with Crippen LogP contribution in [-0.4, -0.2) is 17.0 Å². The number of nitriles is 1. The molecule has 5 nitrogen and oxygen atoms in total. The van der Waals surface area contributed by atoms with Crippen LogP contribution in [0.5, 0.6) is 0 Å². The predicted octanol–water partition coefficient (Wildman–Crippen LogP) is 3.43. The molecule has 1 amide bonds. The smallest absolute Gasteiger partial charge is 0.310 e. The number of alkyl halides is 3. The van der Waals surface area contributed by atoms with Crippen LogP contribution in [0.2, 0.25) is 0 Å². The van der Waals surface area contributed by atoms with E-state index >= 15 is 0 Å². The summed E-state index contributed by atoms with van der Waals surface area (Å²) in [5.74, 6) is -0.573. The van der Waals surface area contributed by atoms with Gasteiger partial charge in [-0.3, -0.25) is 9.59 Å². The fraction of sp³-hybridized carbons (Fsp3) is 0.316. The summed E-state index contributed by atoms with van der Waals surface area (Å²) < 4.78 is 39.3. The summed E-state index contributed by atoms with van der Waals surface area (Å²) in [6.07, 6.45) is -3.94. The van der Waals surface area contributed by atoms with Gasteiger partial charge < -0.3 is 9.47 Å². The quantitative estimate of drug-likeness (QED) is 0.802. The van der Waals surface area contributed by atoms with Crippen LogP contribution < -0.4 is 10.5 Å². The normalized spacial score (nSPS) is 11.1. The maximum atomic E-state index is 12.9. The molecule has 0 N–H and O–H groups in total. The molecule has 0 bridgehead atoms. The van der Waals surface area contributed by atoms with Gasteiger partial charge in [0, 0.05) is 24.5 Å². The van der Waals surface area contributed by atoms with E-state index in [2.05, 4.69) is 0 Å². The van der Waals surface area contributed by atoms with Gasteiger partial charge in [-0.05, 0) is 43.2 Å². The standard InChI is InChI=1S/C19H18F3N3O2/c1-13-8-14(2)10-16(9-13)25(7-3-6-23)18(27)12-24-11-15(19(20,21)22)4-5-17(24)26/h4-5,8-11H,3,7,12H2,1-2H3. The van der Waals surface area contributed by atoms with Gasteiger partial charge in [0.25, 0.3) is 5.56 Å². The highest BCUT2D eigenvalue weighted by molar-refractivity contribution is 5.93. The van der Waals surface area contributed by atoms with Gasteiger partial charge in [-0.1, -0.05) is 6.07 Å². The van der Waals surface area contributed by atoms with E-state index in [4.69, 9.17) is 5.26 Å². The van der Waals surface area contributed by atoms with Crippen molar-refractivity contribution in [3.8, 4) is 6.07 Å². The molecule has 1 aromatic carbocycles. The lowest BCUT2D eigenvalue weighted by Gasteiger charge is -2.23. The van der Waals surface area contributed by atoms with Crippen LogP contribution in [0.4, 0.5) is 18.9 Å². The van der Waals surface area contributed by atoms with E-state index < -0.39 is 29.8 Å². The van der Waals surface area contributed by atoms with E-state index in [1.807, 2.05) is 26.0 Å². The lowest BCUT2D eigenvalue weighted by Crippen LogP contribution is -2.37. The number of halogens is 3. The molecule has 0 saturated carbocycles. The Kier molecular flexibility index (Phi) is 6.05. The average Bonchev–Trinajstić information content (AvgIpc) is 2.55. The van der Waals surface area contributed by atoms with E-state index in [9.17, 15) is 22.8 Å². The molecule has 27 heavy (non-hydrogen) atoms. The van der Waals surface area contributed by atoms with Gasteiger partial charge >= 0.3 is 6.18 Å². The minimum atomic E-state index is -4.62. The second-order valence-corrected chi connectivity index (χ2v) is 6.18. The molecule has 0 fully saturated rings. The molecule has 0 aliphatic carbocycles. The second kappa shape index (κ2) is 8.08. The summed E-state index contributed by atoms with van der Waals surface area (Å²) in [4.78, 5) is 25.9. The van der Waals surface area contributed by atoms with Crippen molar-refractivity contribution in [3.63, 3.8) is 0 Å². The molecule has 142 valence electrons. The Bertz CT molecular complexity index is 922. The Morgan fingerprint density at radius 3 is 2.37 bits per heavy atom. The number of aromatic nitrogens is 1. The predicted molar refractivity (Wildman–Crippen MR) is 94.2 cm³/mol. The fourth-order valence-electron chi connectivity index (χ4n) is 2.72. The highest BCUT2D eigenvalue weighted by Crippen LogP contribution is 2.28. The first-order valence-electron chi connectivity index (χ1n) is 8.15. The van der Waals surface area contributed by atoms with Crippen LogP contribution in [0.1, 0.15) is 23.1 Å². The monoisotopic (exact) mass is 377 g/mol. The van der Waals surface area contributed by atoms with Crippen molar-refractivity contribution in [2.45, 2.75) is 33.0 Å². The Hall–Kier alpha value is -3.08. The number of benzene rings is 1. The zero-order valence-electron chi connectivity index (χ0n) is 14.9. The van der Waals surface area contributed by atoms with Gasteiger partial charge in [0.2, 0.25) is 5.91 Å². The molecule has 0 atom stereocenters. The number of amides is 1. The summed E-state index contributed by atoms with van der Waals surface area (Å²) in [5, 5.41) is 8.84. The zero-order chi connectivity index (χ0) is 20.2. The molecule has 0 spiro atoms. The van der Waals surface area contributed by atoms with Crippen LogP contribution in [0, 0.1) is 25.2 Å². The lowest BCUT2D eigenvalue weighted by atomic mass is 10.1. The van der Waals surface area contributed by atoms with Gasteiger partial charge in [-0.15, -0.1) is 0 Å². The van der Waals surface area contributed by atoms with Crippen molar-refractivity contribution in [3.05, 3.63) is 63.6 Å².